The summed E-state index contributed by atoms with van der Waals surface area (Å²) >= 11 is 0. The number of hydrogen-bond donors (Lipinski definition) is 3. The number of rotatable bonds is 5. The van der Waals surface area contributed by atoms with Crippen molar-refractivity contribution >= 4 is 57.4 Å². The summed E-state index contributed by atoms with van der Waals surface area (Å²) in [5.41, 5.74) is 10.4. The molecule has 5 N–H and O–H groups in total. The number of aliphatic carboxylic acids is 1. The average Bonchev–Trinajstić information content (AvgIpc) is 1.88. The molecule has 0 aromatic heterocycles. The van der Waals surface area contributed by atoms with E-state index in [0.29, 0.717) is 13.0 Å². The van der Waals surface area contributed by atoms with Gasteiger partial charge in [-0.15, -0.1) is 0 Å². The molecule has 0 heterocycles. The summed E-state index contributed by atoms with van der Waals surface area (Å²) in [6, 6.07) is -0.716. The second kappa shape index (κ2) is 9.12. The predicted octanol–water partition coefficient (Wildman–Crippen LogP) is -1.12. The predicted molar refractivity (Wildman–Crippen MR) is 45.7 cm³/mol. The van der Waals surface area contributed by atoms with Gasteiger partial charge in [-0.2, -0.15) is 0 Å². The van der Waals surface area contributed by atoms with Crippen molar-refractivity contribution in [3.05, 3.63) is 0 Å². The fourth-order valence-electron chi connectivity index (χ4n) is 0.632. The Kier molecular flexibility index (Phi) is 12.1. The summed E-state index contributed by atoms with van der Waals surface area (Å²) in [5, 5.41) is 8.33. The molecule has 0 amide bonds. The van der Waals surface area contributed by atoms with E-state index >= 15 is 0 Å². The molecule has 11 heavy (non-hydrogen) atoms. The van der Waals surface area contributed by atoms with E-state index < -0.39 is 12.0 Å². The van der Waals surface area contributed by atoms with E-state index in [2.05, 4.69) is 0 Å². The Morgan fingerprint density at radius 2 is 2.00 bits per heavy atom. The fourth-order valence-corrected chi connectivity index (χ4v) is 0.632. The number of hydrogen-bond acceptors (Lipinski definition) is 3. The molecule has 0 bridgehead atoms. The monoisotopic (exact) mass is 186 g/mol. The van der Waals surface area contributed by atoms with Crippen molar-refractivity contribution in [3.63, 3.8) is 0 Å². The molecule has 1 unspecified atom stereocenters. The Morgan fingerprint density at radius 3 is 2.36 bits per heavy atom. The van der Waals surface area contributed by atoms with Crippen LogP contribution in [0.25, 0.3) is 0 Å². The van der Waals surface area contributed by atoms with Crippen LogP contribution in [-0.4, -0.2) is 75.0 Å². The second-order valence-corrected chi connectivity index (χ2v) is 2.23. The van der Waals surface area contributed by atoms with Crippen LogP contribution < -0.4 is 11.5 Å². The Hall–Kier alpha value is 1.03. The molecule has 0 fully saturated rings. The topological polar surface area (TPSA) is 89.3 Å². The third kappa shape index (κ3) is 8.94. The van der Waals surface area contributed by atoms with Gasteiger partial charge in [-0.25, -0.2) is 0 Å². The Morgan fingerprint density at radius 1 is 1.45 bits per heavy atom. The molecule has 4 nitrogen and oxygen atoms in total. The van der Waals surface area contributed by atoms with Gasteiger partial charge in [0.25, 0.3) is 0 Å². The molecule has 0 aromatic rings. The van der Waals surface area contributed by atoms with Crippen molar-refractivity contribution in [1.29, 1.82) is 0 Å². The quantitative estimate of drug-likeness (QED) is 0.375. The molecular formula is C6H15KN2O2. The second-order valence-electron chi connectivity index (χ2n) is 2.23. The zero-order valence-corrected chi connectivity index (χ0v) is 5.92. The third-order valence-corrected chi connectivity index (χ3v) is 1.29. The average molecular weight is 186 g/mol. The molecule has 0 saturated heterocycles. The first-order chi connectivity index (χ1) is 4.68. The van der Waals surface area contributed by atoms with Gasteiger partial charge in [0.15, 0.2) is 0 Å². The van der Waals surface area contributed by atoms with Crippen molar-refractivity contribution in [2.45, 2.75) is 25.3 Å². The Bertz CT molecular complexity index is 111. The summed E-state index contributed by atoms with van der Waals surface area (Å²) in [7, 11) is 0. The molecule has 0 aromatic carbocycles. The van der Waals surface area contributed by atoms with Gasteiger partial charge in [0, 0.05) is 0 Å². The first-order valence-corrected chi connectivity index (χ1v) is 3.37. The van der Waals surface area contributed by atoms with Gasteiger partial charge in [0.2, 0.25) is 0 Å². The maximum absolute atomic E-state index is 10.1. The number of nitrogens with two attached hydrogens (primary N) is 2. The number of carboxylic acid groups (broad SMARTS) is 1. The van der Waals surface area contributed by atoms with Crippen molar-refractivity contribution in [1.82, 2.24) is 0 Å². The third-order valence-electron chi connectivity index (χ3n) is 1.29. The minimum absolute atomic E-state index is 0. The molecule has 0 aliphatic heterocycles. The molecule has 0 saturated carbocycles. The van der Waals surface area contributed by atoms with E-state index in [0.717, 1.165) is 12.8 Å². The Balaban J connectivity index is 0. The van der Waals surface area contributed by atoms with Crippen molar-refractivity contribution < 1.29 is 9.90 Å². The Labute approximate surface area is 109 Å². The summed E-state index contributed by atoms with van der Waals surface area (Å²) in [6.07, 6.45) is 2.16. The molecule has 0 spiro atoms. The van der Waals surface area contributed by atoms with Crippen LogP contribution in [0.2, 0.25) is 0 Å². The van der Waals surface area contributed by atoms with E-state index in [1.165, 1.54) is 0 Å². The van der Waals surface area contributed by atoms with E-state index in [1.807, 2.05) is 0 Å². The van der Waals surface area contributed by atoms with Crippen molar-refractivity contribution in [2.24, 2.45) is 11.5 Å². The summed E-state index contributed by atoms with van der Waals surface area (Å²) in [5.74, 6) is -0.933. The normalized spacial score (nSPS) is 11.8. The molecule has 62 valence electrons. The van der Waals surface area contributed by atoms with Gasteiger partial charge >= 0.3 is 57.4 Å². The van der Waals surface area contributed by atoms with E-state index in [4.69, 9.17) is 16.6 Å². The molecule has 0 aliphatic carbocycles. The van der Waals surface area contributed by atoms with E-state index in [-0.39, 0.29) is 51.4 Å². The SMILES string of the molecule is NCCCCC(N)C(=O)O.[KH]. The molecule has 0 radical (unpaired) electrons. The van der Waals surface area contributed by atoms with Crippen LogP contribution in [0.1, 0.15) is 19.3 Å². The molecule has 1 atom stereocenters. The van der Waals surface area contributed by atoms with Gasteiger partial charge in [0.05, 0.1) is 0 Å². The maximum atomic E-state index is 10.1. The van der Waals surface area contributed by atoms with Crippen LogP contribution in [0.15, 0.2) is 0 Å². The number of unbranched alkanes of at least 4 members (excludes halogenated alkanes) is 1. The van der Waals surface area contributed by atoms with Gasteiger partial charge in [0.1, 0.15) is 6.04 Å². The van der Waals surface area contributed by atoms with Crippen molar-refractivity contribution in [3.8, 4) is 0 Å². The van der Waals surface area contributed by atoms with Crippen LogP contribution in [0.4, 0.5) is 0 Å². The molecule has 5 heteroatoms. The van der Waals surface area contributed by atoms with Crippen LogP contribution in [-0.2, 0) is 4.79 Å². The molecule has 0 rings (SSSR count). The number of carboxylic acids is 1. The summed E-state index contributed by atoms with van der Waals surface area (Å²) < 4.78 is 0. The van der Waals surface area contributed by atoms with Crippen LogP contribution in [0, 0.1) is 0 Å². The number of carbonyl (C=O) groups is 1. The standard InChI is InChI=1S/C6H14N2O2.K.H/c7-4-2-1-3-5(8)6(9)10;;/h5H,1-4,7-8H2,(H,9,10);;. The van der Waals surface area contributed by atoms with Crippen LogP contribution in [0.3, 0.4) is 0 Å². The van der Waals surface area contributed by atoms with Gasteiger partial charge in [-0.3, -0.25) is 4.79 Å². The van der Waals surface area contributed by atoms with Gasteiger partial charge < -0.3 is 16.6 Å². The molecule has 0 aliphatic rings. The first-order valence-electron chi connectivity index (χ1n) is 3.37. The zero-order chi connectivity index (χ0) is 7.98. The van der Waals surface area contributed by atoms with Gasteiger partial charge in [-0.05, 0) is 19.4 Å². The zero-order valence-electron chi connectivity index (χ0n) is 5.92. The van der Waals surface area contributed by atoms with Gasteiger partial charge in [-0.1, -0.05) is 6.42 Å². The van der Waals surface area contributed by atoms with E-state index in [9.17, 15) is 4.79 Å². The minimum atomic E-state index is -0.933. The van der Waals surface area contributed by atoms with Crippen LogP contribution in [0.5, 0.6) is 0 Å². The van der Waals surface area contributed by atoms with Crippen LogP contribution >= 0.6 is 0 Å². The summed E-state index contributed by atoms with van der Waals surface area (Å²) in [6.45, 7) is 0.604. The fraction of sp³-hybridized carbons (Fsp3) is 0.833. The van der Waals surface area contributed by atoms with Crippen molar-refractivity contribution in [2.75, 3.05) is 6.54 Å². The van der Waals surface area contributed by atoms with E-state index in [1.54, 1.807) is 0 Å². The summed E-state index contributed by atoms with van der Waals surface area (Å²) in [4.78, 5) is 10.1. The first kappa shape index (κ1) is 14.5. The molecular weight excluding hydrogens is 171 g/mol.